The average molecular weight is 552 g/mol. The molecule has 0 spiro atoms. The molecule has 1 aliphatic rings. The molecule has 3 N–H and O–H groups in total. The molecule has 0 aliphatic heterocycles. The summed E-state index contributed by atoms with van der Waals surface area (Å²) in [7, 11) is 0. The Balaban J connectivity index is 1.84. The van der Waals surface area contributed by atoms with Crippen molar-refractivity contribution in [2.24, 2.45) is 0 Å². The summed E-state index contributed by atoms with van der Waals surface area (Å²) in [6.07, 6.45) is 0.500. The van der Waals surface area contributed by atoms with Crippen molar-refractivity contribution in [2.45, 2.75) is 39.3 Å². The van der Waals surface area contributed by atoms with Gasteiger partial charge in [-0.05, 0) is 44.4 Å². The topological polar surface area (TPSA) is 108 Å². The van der Waals surface area contributed by atoms with E-state index in [0.29, 0.717) is 41.7 Å². The van der Waals surface area contributed by atoms with Gasteiger partial charge in [0.15, 0.2) is 17.3 Å². The zero-order valence-corrected chi connectivity index (χ0v) is 21.0. The largest absolute Gasteiger partial charge is 0.434 e. The second kappa shape index (κ2) is 11.2. The molecule has 1 aliphatic carbocycles. The minimum absolute atomic E-state index is 0.0464. The molecular weight excluding hydrogens is 529 g/mol. The third kappa shape index (κ3) is 6.30. The summed E-state index contributed by atoms with van der Waals surface area (Å²) in [5.74, 6) is -0.421. The van der Waals surface area contributed by atoms with Crippen molar-refractivity contribution in [1.29, 1.82) is 0 Å². The van der Waals surface area contributed by atoms with Gasteiger partial charge in [-0.1, -0.05) is 17.7 Å². The van der Waals surface area contributed by atoms with Crippen LogP contribution in [0.2, 0.25) is 0 Å². The number of anilines is 1. The molecule has 0 bridgehead atoms. The molecule has 3 heterocycles. The van der Waals surface area contributed by atoms with Crippen LogP contribution in [0.1, 0.15) is 56.0 Å². The Morgan fingerprint density at radius 3 is 2.63 bits per heavy atom. The number of nitrogens with one attached hydrogen (secondary N) is 3. The van der Waals surface area contributed by atoms with E-state index in [0.717, 1.165) is 22.3 Å². The van der Waals surface area contributed by atoms with Crippen LogP contribution in [-0.4, -0.2) is 37.7 Å². The number of rotatable bonds is 6. The first-order chi connectivity index (χ1) is 18.0. The fourth-order valence-corrected chi connectivity index (χ4v) is 4.51. The Morgan fingerprint density at radius 1 is 1.18 bits per heavy atom. The summed E-state index contributed by atoms with van der Waals surface area (Å²) >= 11 is 0.799. The quantitative estimate of drug-likeness (QED) is 0.298. The summed E-state index contributed by atoms with van der Waals surface area (Å²) < 4.78 is 66.1. The number of halogens is 5. The monoisotopic (exact) mass is 551 g/mol. The van der Waals surface area contributed by atoms with Gasteiger partial charge in [0.05, 0.1) is 0 Å². The maximum absolute atomic E-state index is 13.3. The predicted octanol–water partition coefficient (Wildman–Crippen LogP) is 6.63. The highest BCUT2D eigenvalue weighted by Gasteiger charge is 2.34. The van der Waals surface area contributed by atoms with Crippen molar-refractivity contribution < 1.29 is 26.7 Å². The summed E-state index contributed by atoms with van der Waals surface area (Å²) in [5.41, 5.74) is 1.65. The highest BCUT2D eigenvalue weighted by Crippen LogP contribution is 2.38. The maximum atomic E-state index is 13.3. The van der Waals surface area contributed by atoms with Gasteiger partial charge in [-0.15, -0.1) is 11.3 Å². The van der Waals surface area contributed by atoms with E-state index in [2.05, 4.69) is 35.8 Å². The molecule has 2 amide bonds. The third-order valence-electron chi connectivity index (χ3n) is 5.40. The first-order valence-electron chi connectivity index (χ1n) is 11.4. The van der Waals surface area contributed by atoms with Crippen LogP contribution in [0.4, 0.5) is 32.6 Å². The number of alkyl halides is 5. The summed E-state index contributed by atoms with van der Waals surface area (Å²) in [6, 6.07) is 0.917. The molecule has 0 saturated carbocycles. The van der Waals surface area contributed by atoms with E-state index in [-0.39, 0.29) is 16.6 Å². The van der Waals surface area contributed by atoms with E-state index in [1.165, 1.54) is 12.3 Å². The second-order valence-electron chi connectivity index (χ2n) is 8.27. The number of hydrogen-bond donors (Lipinski definition) is 3. The molecule has 0 atom stereocenters. The molecule has 8 nitrogen and oxygen atoms in total. The van der Waals surface area contributed by atoms with Crippen LogP contribution in [0.5, 0.6) is 0 Å². The summed E-state index contributed by atoms with van der Waals surface area (Å²) in [4.78, 5) is 24.0. The Labute approximate surface area is 217 Å². The minimum atomic E-state index is -4.63. The van der Waals surface area contributed by atoms with Crippen LogP contribution in [0.25, 0.3) is 21.7 Å². The first kappa shape index (κ1) is 27.1. The molecule has 0 fully saturated rings. The van der Waals surface area contributed by atoms with E-state index in [4.69, 9.17) is 0 Å². The molecule has 4 rings (SSSR count). The Bertz CT molecular complexity index is 1420. The summed E-state index contributed by atoms with van der Waals surface area (Å²) in [6.45, 7) is 3.98. The zero-order chi connectivity index (χ0) is 27.4. The number of allylic oxidation sites excluding steroid dienone is 6. The third-order valence-corrected chi connectivity index (χ3v) is 6.28. The number of nitrogens with zero attached hydrogens (tertiary/aromatic N) is 4. The number of aromatic nitrogens is 5. The molecule has 38 heavy (non-hydrogen) atoms. The van der Waals surface area contributed by atoms with Gasteiger partial charge in [0.25, 0.3) is 6.43 Å². The minimum Gasteiger partial charge on any atom is -0.338 e. The van der Waals surface area contributed by atoms with Crippen molar-refractivity contribution >= 4 is 34.3 Å². The van der Waals surface area contributed by atoms with Gasteiger partial charge < -0.3 is 5.32 Å². The second-order valence-corrected chi connectivity index (χ2v) is 9.13. The Hall–Kier alpha value is -3.94. The molecule has 3 aromatic rings. The van der Waals surface area contributed by atoms with Gasteiger partial charge >= 0.3 is 12.2 Å². The highest BCUT2D eigenvalue weighted by atomic mass is 32.1. The van der Waals surface area contributed by atoms with Gasteiger partial charge in [-0.25, -0.2) is 28.5 Å². The molecular formula is C24H22F5N7OS. The number of H-pyrrole nitrogens is 1. The molecule has 200 valence electrons. The number of aromatic amines is 1. The predicted molar refractivity (Wildman–Crippen MR) is 133 cm³/mol. The first-order valence-corrected chi connectivity index (χ1v) is 12.3. The zero-order valence-electron chi connectivity index (χ0n) is 20.2. The summed E-state index contributed by atoms with van der Waals surface area (Å²) in [5, 5.41) is 12.2. The number of pyridine rings is 1. The van der Waals surface area contributed by atoms with Crippen LogP contribution >= 0.6 is 11.3 Å². The van der Waals surface area contributed by atoms with Crippen molar-refractivity contribution in [3.05, 3.63) is 64.4 Å². The van der Waals surface area contributed by atoms with Crippen molar-refractivity contribution in [2.75, 3.05) is 11.9 Å². The fourth-order valence-electron chi connectivity index (χ4n) is 3.66. The number of thiazole rings is 1. The van der Waals surface area contributed by atoms with E-state index >= 15 is 0 Å². The van der Waals surface area contributed by atoms with Gasteiger partial charge in [-0.3, -0.25) is 10.4 Å². The van der Waals surface area contributed by atoms with Crippen molar-refractivity contribution in [3.8, 4) is 10.6 Å². The highest BCUT2D eigenvalue weighted by molar-refractivity contribution is 7.13. The molecule has 14 heteroatoms. The normalized spacial score (nSPS) is 14.4. The van der Waals surface area contributed by atoms with Gasteiger partial charge in [0.2, 0.25) is 0 Å². The Kier molecular flexibility index (Phi) is 7.99. The number of amides is 2. The number of carbonyl (C=O) groups is 1. The van der Waals surface area contributed by atoms with Gasteiger partial charge in [-0.2, -0.15) is 18.3 Å². The fraction of sp³-hybridized carbons (Fsp3) is 0.292. The lowest BCUT2D eigenvalue weighted by Crippen LogP contribution is -2.28. The lowest BCUT2D eigenvalue weighted by molar-refractivity contribution is -0.140. The molecule has 0 radical (unpaired) electrons. The maximum Gasteiger partial charge on any atom is 0.434 e. The molecule has 0 aromatic carbocycles. The van der Waals surface area contributed by atoms with Crippen LogP contribution in [-0.2, 0) is 6.18 Å². The average Bonchev–Trinajstić information content (AvgIpc) is 3.52. The number of hydrogen-bond acceptors (Lipinski definition) is 6. The lowest BCUT2D eigenvalue weighted by Gasteiger charge is -2.14. The standard InChI is InChI=1S/C24H22F5N7OS/c1-3-30-23(37)33-18-9-15(22-32-17(11-38-22)24(27,28)29)16(10-31-18)13-6-4-5-12(2)7-14(8-13)20-34-21(19(25)26)36-35-20/h6-11,19H,3-5H2,1-2H3,(H,34,35,36)(H2,30,31,33,37). The number of urea groups is 1. The van der Waals surface area contributed by atoms with E-state index < -0.39 is 30.2 Å². The van der Waals surface area contributed by atoms with E-state index in [1.807, 2.05) is 13.0 Å². The molecule has 0 saturated heterocycles. The Morgan fingerprint density at radius 2 is 1.97 bits per heavy atom. The van der Waals surface area contributed by atoms with Gasteiger partial charge in [0, 0.05) is 34.8 Å². The van der Waals surface area contributed by atoms with Crippen LogP contribution < -0.4 is 10.6 Å². The van der Waals surface area contributed by atoms with Crippen LogP contribution in [0.3, 0.4) is 0 Å². The number of carbonyl (C=O) groups excluding carboxylic acids is 1. The van der Waals surface area contributed by atoms with E-state index in [1.54, 1.807) is 19.1 Å². The van der Waals surface area contributed by atoms with Crippen LogP contribution in [0.15, 0.2) is 41.4 Å². The van der Waals surface area contributed by atoms with Crippen molar-refractivity contribution in [1.82, 2.24) is 30.5 Å². The SMILES string of the molecule is CCNC(=O)Nc1cc(-c2nc(C(F)(F)F)cs2)c(C2=CCCC(C)=CC(c3n[nH]c(C(F)F)n3)=C2)cn1. The van der Waals surface area contributed by atoms with Crippen molar-refractivity contribution in [3.63, 3.8) is 0 Å². The van der Waals surface area contributed by atoms with E-state index in [9.17, 15) is 26.7 Å². The van der Waals surface area contributed by atoms with Gasteiger partial charge in [0.1, 0.15) is 10.8 Å². The van der Waals surface area contributed by atoms with Crippen LogP contribution in [0, 0.1) is 0 Å². The smallest absolute Gasteiger partial charge is 0.338 e. The lowest BCUT2D eigenvalue weighted by atomic mass is 9.94. The molecule has 0 unspecified atom stereocenters. The molecule has 3 aromatic heterocycles.